The lowest BCUT2D eigenvalue weighted by atomic mass is 10.2. The first-order valence-corrected chi connectivity index (χ1v) is 7.38. The van der Waals surface area contributed by atoms with Gasteiger partial charge in [-0.15, -0.1) is 0 Å². The van der Waals surface area contributed by atoms with Crippen LogP contribution in [0.15, 0.2) is 21.7 Å². The number of hydrogen-bond donors (Lipinski definition) is 2. The van der Waals surface area contributed by atoms with Gasteiger partial charge in [-0.1, -0.05) is 6.92 Å². The molecule has 0 fully saturated rings. The van der Waals surface area contributed by atoms with Crippen molar-refractivity contribution in [3.8, 4) is 11.5 Å². The summed E-state index contributed by atoms with van der Waals surface area (Å²) in [7, 11) is 2.90. The Morgan fingerprint density at radius 1 is 1.36 bits per heavy atom. The van der Waals surface area contributed by atoms with Crippen LogP contribution >= 0.6 is 15.9 Å². The number of methoxy groups -OCH3 is 1. The van der Waals surface area contributed by atoms with Gasteiger partial charge in [-0.2, -0.15) is 5.10 Å². The molecule has 22 heavy (non-hydrogen) atoms. The molecule has 2 N–H and O–H groups in total. The Kier molecular flexibility index (Phi) is 7.38. The smallest absolute Gasteiger partial charge is 0.329 e. The maximum Gasteiger partial charge on any atom is 0.329 e. The summed E-state index contributed by atoms with van der Waals surface area (Å²) in [4.78, 5) is 22.2. The Morgan fingerprint density at radius 2 is 2.09 bits per heavy atom. The van der Waals surface area contributed by atoms with Gasteiger partial charge in [0, 0.05) is 7.05 Å². The van der Waals surface area contributed by atoms with E-state index in [0.29, 0.717) is 28.1 Å². The van der Waals surface area contributed by atoms with E-state index in [1.165, 1.54) is 20.4 Å². The number of benzene rings is 1. The summed E-state index contributed by atoms with van der Waals surface area (Å²) in [6.45, 7) is 2.58. The molecular weight excluding hydrogens is 354 g/mol. The third-order valence-electron chi connectivity index (χ3n) is 2.52. The largest absolute Gasteiger partial charge is 0.493 e. The number of nitrogens with zero attached hydrogens (tertiary/aromatic N) is 1. The van der Waals surface area contributed by atoms with Gasteiger partial charge in [0.05, 0.1) is 24.4 Å². The molecule has 2 amide bonds. The highest BCUT2D eigenvalue weighted by Gasteiger charge is 2.11. The van der Waals surface area contributed by atoms with Crippen LogP contribution in [0.4, 0.5) is 0 Å². The first-order chi connectivity index (χ1) is 10.5. The van der Waals surface area contributed by atoms with E-state index in [-0.39, 0.29) is 0 Å². The zero-order valence-corrected chi connectivity index (χ0v) is 14.2. The summed E-state index contributed by atoms with van der Waals surface area (Å²) in [6, 6.07) is 3.48. The van der Waals surface area contributed by atoms with E-state index < -0.39 is 11.8 Å². The topological polar surface area (TPSA) is 89.0 Å². The van der Waals surface area contributed by atoms with Crippen LogP contribution in [0.2, 0.25) is 0 Å². The van der Waals surface area contributed by atoms with Gasteiger partial charge in [0.15, 0.2) is 11.5 Å². The van der Waals surface area contributed by atoms with Crippen LogP contribution in [-0.4, -0.2) is 38.8 Å². The molecule has 8 heteroatoms. The van der Waals surface area contributed by atoms with Gasteiger partial charge in [0.2, 0.25) is 0 Å². The van der Waals surface area contributed by atoms with Gasteiger partial charge >= 0.3 is 11.8 Å². The van der Waals surface area contributed by atoms with E-state index >= 15 is 0 Å². The molecule has 0 aliphatic rings. The molecule has 0 atom stereocenters. The third-order valence-corrected chi connectivity index (χ3v) is 3.10. The average Bonchev–Trinajstić information content (AvgIpc) is 2.52. The standard InChI is InChI=1S/C14H18BrN3O4/c1-4-5-22-12-10(15)6-9(7-11(12)21-3)8-17-18-14(20)13(19)16-2/h6-8H,4-5H2,1-3H3,(H,16,19)(H,18,20)/b17-8-. The second-order valence-electron chi connectivity index (χ2n) is 4.16. The van der Waals surface area contributed by atoms with Crippen molar-refractivity contribution in [2.45, 2.75) is 13.3 Å². The molecule has 1 aromatic carbocycles. The number of carbonyl (C=O) groups excluding carboxylic acids is 2. The highest BCUT2D eigenvalue weighted by molar-refractivity contribution is 9.10. The van der Waals surface area contributed by atoms with Gasteiger partial charge in [-0.25, -0.2) is 5.43 Å². The molecule has 0 aliphatic heterocycles. The lowest BCUT2D eigenvalue weighted by molar-refractivity contribution is -0.138. The van der Waals surface area contributed by atoms with Crippen molar-refractivity contribution in [1.82, 2.24) is 10.7 Å². The maximum absolute atomic E-state index is 11.2. The summed E-state index contributed by atoms with van der Waals surface area (Å²) in [5.41, 5.74) is 2.79. The van der Waals surface area contributed by atoms with Gasteiger partial charge < -0.3 is 14.8 Å². The minimum atomic E-state index is -0.840. The summed E-state index contributed by atoms with van der Waals surface area (Å²) >= 11 is 3.41. The van der Waals surface area contributed by atoms with E-state index in [1.807, 2.05) is 6.92 Å². The summed E-state index contributed by atoms with van der Waals surface area (Å²) in [5, 5.41) is 5.92. The predicted molar refractivity (Wildman–Crippen MR) is 86.3 cm³/mol. The highest BCUT2D eigenvalue weighted by atomic mass is 79.9. The van der Waals surface area contributed by atoms with Crippen LogP contribution in [-0.2, 0) is 9.59 Å². The number of nitrogens with one attached hydrogen (secondary N) is 2. The Morgan fingerprint density at radius 3 is 2.68 bits per heavy atom. The summed E-state index contributed by atoms with van der Waals surface area (Å²) in [5.74, 6) is -0.454. The zero-order chi connectivity index (χ0) is 16.5. The Balaban J connectivity index is 2.86. The molecule has 1 aromatic rings. The van der Waals surface area contributed by atoms with Crippen molar-refractivity contribution < 1.29 is 19.1 Å². The SMILES string of the molecule is CCCOc1c(Br)cc(/C=N\NC(=O)C(=O)NC)cc1OC. The predicted octanol–water partition coefficient (Wildman–Crippen LogP) is 1.44. The van der Waals surface area contributed by atoms with Crippen molar-refractivity contribution in [2.24, 2.45) is 5.10 Å². The molecule has 0 saturated heterocycles. The first-order valence-electron chi connectivity index (χ1n) is 6.58. The minimum absolute atomic E-state index is 0.543. The third kappa shape index (κ3) is 5.03. The summed E-state index contributed by atoms with van der Waals surface area (Å²) < 4.78 is 11.6. The normalized spacial score (nSPS) is 10.4. The molecule has 0 bridgehead atoms. The summed E-state index contributed by atoms with van der Waals surface area (Å²) in [6.07, 6.45) is 2.28. The fourth-order valence-electron chi connectivity index (χ4n) is 1.49. The van der Waals surface area contributed by atoms with E-state index in [9.17, 15) is 9.59 Å². The first kappa shape index (κ1) is 18.0. The molecule has 0 unspecified atom stereocenters. The number of hydrazone groups is 1. The monoisotopic (exact) mass is 371 g/mol. The quantitative estimate of drug-likeness (QED) is 0.449. The van der Waals surface area contributed by atoms with Crippen LogP contribution in [0, 0.1) is 0 Å². The lowest BCUT2D eigenvalue weighted by Gasteiger charge is -2.12. The lowest BCUT2D eigenvalue weighted by Crippen LogP contribution is -2.35. The van der Waals surface area contributed by atoms with Crippen molar-refractivity contribution in [1.29, 1.82) is 0 Å². The second kappa shape index (κ2) is 9.04. The Labute approximate surface area is 137 Å². The minimum Gasteiger partial charge on any atom is -0.493 e. The van der Waals surface area contributed by atoms with Gasteiger partial charge in [0.25, 0.3) is 0 Å². The number of hydrogen-bond acceptors (Lipinski definition) is 5. The van der Waals surface area contributed by atoms with Crippen LogP contribution in [0.25, 0.3) is 0 Å². The van der Waals surface area contributed by atoms with Gasteiger partial charge in [0.1, 0.15) is 0 Å². The number of ether oxygens (including phenoxy) is 2. The van der Waals surface area contributed by atoms with Crippen LogP contribution in [0.5, 0.6) is 11.5 Å². The Hall–Kier alpha value is -2.09. The van der Waals surface area contributed by atoms with Crippen molar-refractivity contribution in [3.63, 3.8) is 0 Å². The zero-order valence-electron chi connectivity index (χ0n) is 12.6. The van der Waals surface area contributed by atoms with E-state index in [0.717, 1.165) is 6.42 Å². The molecule has 7 nitrogen and oxygen atoms in total. The average molecular weight is 372 g/mol. The van der Waals surface area contributed by atoms with Crippen molar-refractivity contribution >= 4 is 34.0 Å². The maximum atomic E-state index is 11.2. The number of likely N-dealkylation sites (N-methyl/N-ethyl adjacent to an activating group) is 1. The number of carbonyl (C=O) groups is 2. The highest BCUT2D eigenvalue weighted by Crippen LogP contribution is 2.36. The molecule has 1 rings (SSSR count). The van der Waals surface area contributed by atoms with Gasteiger partial charge in [-0.3, -0.25) is 9.59 Å². The molecule has 120 valence electrons. The van der Waals surface area contributed by atoms with Crippen molar-refractivity contribution in [3.05, 3.63) is 22.2 Å². The van der Waals surface area contributed by atoms with Crippen LogP contribution in [0.1, 0.15) is 18.9 Å². The molecule has 0 spiro atoms. The fraction of sp³-hybridized carbons (Fsp3) is 0.357. The number of halogens is 1. The van der Waals surface area contributed by atoms with Crippen LogP contribution in [0.3, 0.4) is 0 Å². The fourth-order valence-corrected chi connectivity index (χ4v) is 2.06. The Bertz CT molecular complexity index is 575. The molecular formula is C14H18BrN3O4. The van der Waals surface area contributed by atoms with E-state index in [1.54, 1.807) is 12.1 Å². The molecule has 0 aliphatic carbocycles. The molecule has 0 radical (unpaired) electrons. The van der Waals surface area contributed by atoms with Crippen LogP contribution < -0.4 is 20.2 Å². The number of amides is 2. The van der Waals surface area contributed by atoms with Gasteiger partial charge in [-0.05, 0) is 40.0 Å². The van der Waals surface area contributed by atoms with Crippen molar-refractivity contribution in [2.75, 3.05) is 20.8 Å². The molecule has 0 heterocycles. The molecule has 0 aromatic heterocycles. The molecule has 0 saturated carbocycles. The number of rotatable bonds is 6. The van der Waals surface area contributed by atoms with E-state index in [4.69, 9.17) is 9.47 Å². The second-order valence-corrected chi connectivity index (χ2v) is 5.02. The van der Waals surface area contributed by atoms with E-state index in [2.05, 4.69) is 31.8 Å².